The van der Waals surface area contributed by atoms with Gasteiger partial charge in [-0.05, 0) is 22.4 Å². The lowest BCUT2D eigenvalue weighted by atomic mass is 9.86. The predicted octanol–water partition coefficient (Wildman–Crippen LogP) is 2.59. The van der Waals surface area contributed by atoms with Gasteiger partial charge in [0.25, 0.3) is 0 Å². The van der Waals surface area contributed by atoms with Crippen LogP contribution >= 0.6 is 15.9 Å². The second-order valence-electron chi connectivity index (χ2n) is 5.61. The Morgan fingerprint density at radius 2 is 2.18 bits per heavy atom. The second kappa shape index (κ2) is 4.12. The highest BCUT2D eigenvalue weighted by molar-refractivity contribution is 9.10. The lowest BCUT2D eigenvalue weighted by Gasteiger charge is -2.25. The fourth-order valence-corrected chi connectivity index (χ4v) is 2.89. The van der Waals surface area contributed by atoms with Crippen LogP contribution in [0.15, 0.2) is 4.73 Å². The van der Waals surface area contributed by atoms with E-state index in [0.29, 0.717) is 12.8 Å². The van der Waals surface area contributed by atoms with Crippen LogP contribution in [0, 0.1) is 5.92 Å². The van der Waals surface area contributed by atoms with Gasteiger partial charge in [-0.1, -0.05) is 20.8 Å². The molecule has 94 valence electrons. The van der Waals surface area contributed by atoms with Crippen molar-refractivity contribution in [2.24, 2.45) is 5.92 Å². The summed E-state index contributed by atoms with van der Waals surface area (Å²) in [5, 5.41) is 9.12. The van der Waals surface area contributed by atoms with Gasteiger partial charge < -0.3 is 9.67 Å². The van der Waals surface area contributed by atoms with E-state index in [4.69, 9.17) is 5.11 Å². The van der Waals surface area contributed by atoms with Crippen LogP contribution in [0.4, 0.5) is 0 Å². The van der Waals surface area contributed by atoms with Crippen molar-refractivity contribution in [1.29, 1.82) is 0 Å². The molecule has 0 aliphatic carbocycles. The maximum Gasteiger partial charge on any atom is 0.306 e. The number of carbonyl (C=O) groups is 1. The summed E-state index contributed by atoms with van der Waals surface area (Å²) in [5.74, 6) is -0.972. The Kier molecular flexibility index (Phi) is 3.06. The van der Waals surface area contributed by atoms with Gasteiger partial charge in [0, 0.05) is 24.1 Å². The minimum absolute atomic E-state index is 0.0521. The summed E-state index contributed by atoms with van der Waals surface area (Å²) >= 11 is 3.46. The van der Waals surface area contributed by atoms with Crippen LogP contribution in [0.1, 0.15) is 38.6 Å². The number of nitrogens with zero attached hydrogens (tertiary/aromatic N) is 2. The normalized spacial score (nSPS) is 20.1. The Hall–Kier alpha value is -0.840. The van der Waals surface area contributed by atoms with Gasteiger partial charge in [-0.3, -0.25) is 4.79 Å². The van der Waals surface area contributed by atoms with Crippen molar-refractivity contribution in [3.63, 3.8) is 0 Å². The number of fused-ring (bicyclic) bond motifs is 1. The first-order valence-corrected chi connectivity index (χ1v) is 6.58. The van der Waals surface area contributed by atoms with Gasteiger partial charge in [0.2, 0.25) is 0 Å². The summed E-state index contributed by atoms with van der Waals surface area (Å²) in [6, 6.07) is 0. The molecule has 1 unspecified atom stereocenters. The fourth-order valence-electron chi connectivity index (χ4n) is 2.32. The molecule has 0 spiro atoms. The second-order valence-corrected chi connectivity index (χ2v) is 6.32. The van der Waals surface area contributed by atoms with E-state index in [0.717, 1.165) is 22.7 Å². The Morgan fingerprint density at radius 1 is 1.53 bits per heavy atom. The molecule has 0 fully saturated rings. The van der Waals surface area contributed by atoms with Crippen molar-refractivity contribution in [3.8, 4) is 0 Å². The van der Waals surface area contributed by atoms with E-state index in [-0.39, 0.29) is 11.3 Å². The monoisotopic (exact) mass is 300 g/mol. The molecule has 2 heterocycles. The van der Waals surface area contributed by atoms with E-state index in [2.05, 4.69) is 46.3 Å². The predicted molar refractivity (Wildman–Crippen MR) is 68.1 cm³/mol. The summed E-state index contributed by atoms with van der Waals surface area (Å²) in [6.45, 7) is 7.04. The molecule has 0 saturated heterocycles. The van der Waals surface area contributed by atoms with Gasteiger partial charge in [-0.15, -0.1) is 0 Å². The molecule has 0 radical (unpaired) electrons. The number of imidazole rings is 1. The SMILES string of the molecule is CC(C)(C)c1nc(Br)n2c1CC(C(=O)O)CC2. The van der Waals surface area contributed by atoms with Crippen molar-refractivity contribution < 1.29 is 9.90 Å². The Bertz CT molecular complexity index is 460. The average Bonchev–Trinajstić information content (AvgIpc) is 2.55. The van der Waals surface area contributed by atoms with Gasteiger partial charge in [-0.2, -0.15) is 0 Å². The molecule has 1 atom stereocenters. The first-order valence-electron chi connectivity index (χ1n) is 5.79. The molecular weight excluding hydrogens is 284 g/mol. The lowest BCUT2D eigenvalue weighted by molar-refractivity contribution is -0.142. The zero-order valence-corrected chi connectivity index (χ0v) is 11.9. The van der Waals surface area contributed by atoms with Crippen LogP contribution in [0.5, 0.6) is 0 Å². The number of rotatable bonds is 1. The molecule has 0 saturated carbocycles. The Labute approximate surface area is 109 Å². The molecular formula is C12H17BrN2O2. The van der Waals surface area contributed by atoms with Gasteiger partial charge in [0.1, 0.15) is 0 Å². The lowest BCUT2D eigenvalue weighted by Crippen LogP contribution is -2.27. The maximum absolute atomic E-state index is 11.1. The molecule has 4 nitrogen and oxygen atoms in total. The summed E-state index contributed by atoms with van der Waals surface area (Å²) in [4.78, 5) is 15.6. The standard InChI is InChI=1S/C12H17BrN2O2/c1-12(2,3)9-8-6-7(10(16)17)4-5-15(8)11(13)14-9/h7H,4-6H2,1-3H3,(H,16,17). The molecule has 1 aliphatic heterocycles. The number of aromatic nitrogens is 2. The van der Waals surface area contributed by atoms with Crippen molar-refractivity contribution in [3.05, 3.63) is 16.1 Å². The summed E-state index contributed by atoms with van der Waals surface area (Å²) in [6.07, 6.45) is 1.27. The maximum atomic E-state index is 11.1. The van der Waals surface area contributed by atoms with E-state index in [1.807, 2.05) is 0 Å². The third-order valence-electron chi connectivity index (χ3n) is 3.23. The van der Waals surface area contributed by atoms with Crippen molar-refractivity contribution >= 4 is 21.9 Å². The van der Waals surface area contributed by atoms with Crippen LogP contribution in [0.25, 0.3) is 0 Å². The highest BCUT2D eigenvalue weighted by Crippen LogP contribution is 2.33. The Morgan fingerprint density at radius 3 is 2.71 bits per heavy atom. The van der Waals surface area contributed by atoms with Gasteiger partial charge in [0.05, 0.1) is 11.6 Å². The highest BCUT2D eigenvalue weighted by Gasteiger charge is 2.32. The van der Waals surface area contributed by atoms with Crippen LogP contribution in [-0.2, 0) is 23.2 Å². The molecule has 0 amide bonds. The zero-order valence-electron chi connectivity index (χ0n) is 10.3. The van der Waals surface area contributed by atoms with Crippen LogP contribution in [0.2, 0.25) is 0 Å². The molecule has 1 N–H and O–H groups in total. The molecule has 5 heteroatoms. The molecule has 1 aromatic rings. The van der Waals surface area contributed by atoms with Crippen molar-refractivity contribution in [1.82, 2.24) is 9.55 Å². The topological polar surface area (TPSA) is 55.1 Å². The third-order valence-corrected chi connectivity index (χ3v) is 3.83. The van der Waals surface area contributed by atoms with E-state index in [9.17, 15) is 4.79 Å². The first kappa shape index (κ1) is 12.6. The van der Waals surface area contributed by atoms with Crippen molar-refractivity contribution in [2.75, 3.05) is 0 Å². The number of carboxylic acids is 1. The van der Waals surface area contributed by atoms with Gasteiger partial charge in [0.15, 0.2) is 4.73 Å². The Balaban J connectivity index is 2.44. The van der Waals surface area contributed by atoms with Crippen LogP contribution < -0.4 is 0 Å². The molecule has 1 aliphatic rings. The largest absolute Gasteiger partial charge is 0.481 e. The van der Waals surface area contributed by atoms with E-state index in [1.54, 1.807) is 0 Å². The first-order chi connectivity index (χ1) is 7.80. The van der Waals surface area contributed by atoms with Gasteiger partial charge >= 0.3 is 5.97 Å². The number of aliphatic carboxylic acids is 1. The van der Waals surface area contributed by atoms with Crippen LogP contribution in [-0.4, -0.2) is 20.6 Å². The molecule has 2 rings (SSSR count). The number of hydrogen-bond acceptors (Lipinski definition) is 2. The number of halogens is 1. The van der Waals surface area contributed by atoms with E-state index >= 15 is 0 Å². The van der Waals surface area contributed by atoms with Gasteiger partial charge in [-0.25, -0.2) is 4.98 Å². The fraction of sp³-hybridized carbons (Fsp3) is 0.667. The molecule has 1 aromatic heterocycles. The highest BCUT2D eigenvalue weighted by atomic mass is 79.9. The molecule has 0 aromatic carbocycles. The van der Waals surface area contributed by atoms with Crippen LogP contribution in [0.3, 0.4) is 0 Å². The average molecular weight is 301 g/mol. The van der Waals surface area contributed by atoms with E-state index in [1.165, 1.54) is 0 Å². The number of carboxylic acid groups (broad SMARTS) is 1. The third kappa shape index (κ3) is 2.25. The summed E-state index contributed by atoms with van der Waals surface area (Å²) in [5.41, 5.74) is 2.03. The van der Waals surface area contributed by atoms with Crippen molar-refractivity contribution in [2.45, 2.75) is 45.6 Å². The minimum Gasteiger partial charge on any atom is -0.481 e. The molecule has 0 bridgehead atoms. The quantitative estimate of drug-likeness (QED) is 0.867. The van der Waals surface area contributed by atoms with E-state index < -0.39 is 5.97 Å². The smallest absolute Gasteiger partial charge is 0.306 e. The zero-order chi connectivity index (χ0) is 12.8. The molecule has 17 heavy (non-hydrogen) atoms. The summed E-state index contributed by atoms with van der Waals surface area (Å²) in [7, 11) is 0. The number of hydrogen-bond donors (Lipinski definition) is 1. The minimum atomic E-state index is -0.701. The summed E-state index contributed by atoms with van der Waals surface area (Å²) < 4.78 is 2.92.